The first-order valence-electron chi connectivity index (χ1n) is 6.45. The lowest BCUT2D eigenvalue weighted by Gasteiger charge is -2.23. The van der Waals surface area contributed by atoms with E-state index in [1.165, 1.54) is 12.0 Å². The van der Waals surface area contributed by atoms with E-state index in [4.69, 9.17) is 9.47 Å². The lowest BCUT2D eigenvalue weighted by molar-refractivity contribution is -0.144. The van der Waals surface area contributed by atoms with Crippen LogP contribution in [0, 0.1) is 0 Å². The molecule has 0 spiro atoms. The molecule has 2 rings (SSSR count). The van der Waals surface area contributed by atoms with Gasteiger partial charge < -0.3 is 19.7 Å². The smallest absolute Gasteiger partial charge is 0.328 e. The van der Waals surface area contributed by atoms with Crippen molar-refractivity contribution < 1.29 is 19.1 Å². The maximum atomic E-state index is 12.2. The van der Waals surface area contributed by atoms with Crippen molar-refractivity contribution in [2.24, 2.45) is 0 Å². The topological polar surface area (TPSA) is 67.9 Å². The number of carbonyl (C=O) groups is 2. The summed E-state index contributed by atoms with van der Waals surface area (Å²) in [6, 6.07) is 6.25. The molecule has 2 amide bonds. The van der Waals surface area contributed by atoms with Gasteiger partial charge in [-0.05, 0) is 37.1 Å². The number of methoxy groups -OCH3 is 2. The highest BCUT2D eigenvalue weighted by Gasteiger charge is 2.34. The fraction of sp³-hybridized carbons (Fsp3) is 0.429. The van der Waals surface area contributed by atoms with Gasteiger partial charge in [-0.2, -0.15) is 0 Å². The Labute approximate surface area is 117 Å². The van der Waals surface area contributed by atoms with Gasteiger partial charge in [-0.3, -0.25) is 0 Å². The average Bonchev–Trinajstić information content (AvgIpc) is 2.96. The fourth-order valence-corrected chi connectivity index (χ4v) is 2.26. The molecule has 20 heavy (non-hydrogen) atoms. The minimum absolute atomic E-state index is 0.289. The second-order valence-electron chi connectivity index (χ2n) is 4.53. The number of rotatable bonds is 3. The Morgan fingerprint density at radius 1 is 1.25 bits per heavy atom. The first kappa shape index (κ1) is 14.2. The molecule has 0 aromatic heterocycles. The van der Waals surface area contributed by atoms with E-state index in [-0.39, 0.29) is 12.0 Å². The molecule has 0 unspecified atom stereocenters. The Morgan fingerprint density at radius 2 is 1.95 bits per heavy atom. The Hall–Kier alpha value is -2.24. The highest BCUT2D eigenvalue weighted by atomic mass is 16.5. The summed E-state index contributed by atoms with van der Waals surface area (Å²) in [6.45, 7) is 0.557. The van der Waals surface area contributed by atoms with E-state index in [0.29, 0.717) is 18.7 Å². The van der Waals surface area contributed by atoms with Gasteiger partial charge in [0, 0.05) is 12.2 Å². The van der Waals surface area contributed by atoms with Gasteiger partial charge in [-0.15, -0.1) is 0 Å². The predicted octanol–water partition coefficient (Wildman–Crippen LogP) is 1.86. The third-order valence-corrected chi connectivity index (χ3v) is 3.33. The quantitative estimate of drug-likeness (QED) is 0.857. The van der Waals surface area contributed by atoms with Crippen LogP contribution in [-0.2, 0) is 9.53 Å². The van der Waals surface area contributed by atoms with Gasteiger partial charge in [-0.25, -0.2) is 9.59 Å². The normalized spacial score (nSPS) is 17.7. The summed E-state index contributed by atoms with van der Waals surface area (Å²) in [4.78, 5) is 25.3. The molecule has 1 N–H and O–H groups in total. The van der Waals surface area contributed by atoms with Crippen molar-refractivity contribution in [1.82, 2.24) is 4.90 Å². The van der Waals surface area contributed by atoms with Crippen molar-refractivity contribution in [3.05, 3.63) is 24.3 Å². The first-order chi connectivity index (χ1) is 9.65. The van der Waals surface area contributed by atoms with Crippen LogP contribution >= 0.6 is 0 Å². The Morgan fingerprint density at radius 3 is 2.55 bits per heavy atom. The van der Waals surface area contributed by atoms with Gasteiger partial charge in [0.2, 0.25) is 0 Å². The van der Waals surface area contributed by atoms with Crippen LogP contribution in [0.4, 0.5) is 10.5 Å². The molecule has 0 saturated carbocycles. The second kappa shape index (κ2) is 6.27. The summed E-state index contributed by atoms with van der Waals surface area (Å²) < 4.78 is 9.77. The monoisotopic (exact) mass is 278 g/mol. The van der Waals surface area contributed by atoms with E-state index in [2.05, 4.69) is 5.32 Å². The summed E-state index contributed by atoms with van der Waals surface area (Å²) in [5.41, 5.74) is 0.659. The number of urea groups is 1. The van der Waals surface area contributed by atoms with E-state index in [0.717, 1.165) is 12.2 Å². The van der Waals surface area contributed by atoms with Gasteiger partial charge in [0.25, 0.3) is 0 Å². The summed E-state index contributed by atoms with van der Waals surface area (Å²) in [5.74, 6) is 0.351. The van der Waals surface area contributed by atoms with Crippen molar-refractivity contribution in [1.29, 1.82) is 0 Å². The number of amides is 2. The molecule has 0 radical (unpaired) electrons. The number of anilines is 1. The number of likely N-dealkylation sites (tertiary alicyclic amines) is 1. The van der Waals surface area contributed by atoms with E-state index in [9.17, 15) is 9.59 Å². The molecule has 6 heteroatoms. The molecular weight excluding hydrogens is 260 g/mol. The minimum Gasteiger partial charge on any atom is -0.497 e. The van der Waals surface area contributed by atoms with Crippen molar-refractivity contribution in [2.75, 3.05) is 26.1 Å². The average molecular weight is 278 g/mol. The molecule has 108 valence electrons. The molecule has 1 heterocycles. The van der Waals surface area contributed by atoms with Crippen LogP contribution in [0.1, 0.15) is 12.8 Å². The number of hydrogen-bond donors (Lipinski definition) is 1. The lowest BCUT2D eigenvalue weighted by Crippen LogP contribution is -2.43. The molecule has 0 aliphatic carbocycles. The molecule has 1 aliphatic heterocycles. The lowest BCUT2D eigenvalue weighted by atomic mass is 10.2. The van der Waals surface area contributed by atoms with Crippen LogP contribution < -0.4 is 10.1 Å². The third kappa shape index (κ3) is 3.01. The molecule has 1 fully saturated rings. The van der Waals surface area contributed by atoms with Crippen molar-refractivity contribution >= 4 is 17.7 Å². The van der Waals surface area contributed by atoms with Crippen LogP contribution in [-0.4, -0.2) is 43.7 Å². The summed E-state index contributed by atoms with van der Waals surface area (Å²) in [5, 5.41) is 2.77. The first-order valence-corrected chi connectivity index (χ1v) is 6.45. The molecular formula is C14H18N2O4. The highest BCUT2D eigenvalue weighted by molar-refractivity contribution is 5.93. The largest absolute Gasteiger partial charge is 0.497 e. The molecule has 1 aromatic carbocycles. The Bertz CT molecular complexity index is 486. The van der Waals surface area contributed by atoms with Crippen LogP contribution in [0.5, 0.6) is 5.75 Å². The van der Waals surface area contributed by atoms with Gasteiger partial charge in [-0.1, -0.05) is 0 Å². The van der Waals surface area contributed by atoms with Crippen molar-refractivity contribution in [3.8, 4) is 5.75 Å². The molecule has 6 nitrogen and oxygen atoms in total. The number of carbonyl (C=O) groups excluding carboxylic acids is 2. The number of ether oxygens (including phenoxy) is 2. The zero-order chi connectivity index (χ0) is 14.5. The van der Waals surface area contributed by atoms with Crippen LogP contribution in [0.15, 0.2) is 24.3 Å². The van der Waals surface area contributed by atoms with E-state index in [1.54, 1.807) is 31.4 Å². The number of hydrogen-bond acceptors (Lipinski definition) is 4. The minimum atomic E-state index is -0.488. The SMILES string of the molecule is COC(=O)[C@@H]1CCCN1C(=O)Nc1ccc(OC)cc1. The fourth-order valence-electron chi connectivity index (χ4n) is 2.26. The number of esters is 1. The van der Waals surface area contributed by atoms with Crippen LogP contribution in [0.2, 0.25) is 0 Å². The van der Waals surface area contributed by atoms with E-state index in [1.807, 2.05) is 0 Å². The molecule has 1 atom stereocenters. The summed E-state index contributed by atoms with van der Waals surface area (Å²) >= 11 is 0. The molecule has 0 bridgehead atoms. The third-order valence-electron chi connectivity index (χ3n) is 3.33. The Balaban J connectivity index is 2.01. The van der Waals surface area contributed by atoms with Gasteiger partial charge >= 0.3 is 12.0 Å². The predicted molar refractivity (Wildman–Crippen MR) is 73.8 cm³/mol. The maximum absolute atomic E-state index is 12.2. The molecule has 1 saturated heterocycles. The second-order valence-corrected chi connectivity index (χ2v) is 4.53. The zero-order valence-electron chi connectivity index (χ0n) is 11.6. The van der Waals surface area contributed by atoms with E-state index < -0.39 is 6.04 Å². The zero-order valence-corrected chi connectivity index (χ0v) is 11.6. The van der Waals surface area contributed by atoms with Gasteiger partial charge in [0.1, 0.15) is 11.8 Å². The van der Waals surface area contributed by atoms with Crippen LogP contribution in [0.25, 0.3) is 0 Å². The number of nitrogens with one attached hydrogen (secondary N) is 1. The van der Waals surface area contributed by atoms with Crippen LogP contribution in [0.3, 0.4) is 0 Å². The standard InChI is InChI=1S/C14H18N2O4/c1-19-11-7-5-10(6-8-11)15-14(18)16-9-3-4-12(16)13(17)20-2/h5-8,12H,3-4,9H2,1-2H3,(H,15,18)/t12-/m0/s1. The maximum Gasteiger partial charge on any atom is 0.328 e. The number of benzene rings is 1. The number of nitrogens with zero attached hydrogens (tertiary/aromatic N) is 1. The van der Waals surface area contributed by atoms with Gasteiger partial charge in [0.15, 0.2) is 0 Å². The van der Waals surface area contributed by atoms with E-state index >= 15 is 0 Å². The molecule has 1 aliphatic rings. The van der Waals surface area contributed by atoms with Crippen molar-refractivity contribution in [2.45, 2.75) is 18.9 Å². The van der Waals surface area contributed by atoms with Gasteiger partial charge in [0.05, 0.1) is 14.2 Å². The summed E-state index contributed by atoms with van der Waals surface area (Å²) in [6.07, 6.45) is 1.44. The van der Waals surface area contributed by atoms with Crippen molar-refractivity contribution in [3.63, 3.8) is 0 Å². The summed E-state index contributed by atoms with van der Waals surface area (Å²) in [7, 11) is 2.92. The highest BCUT2D eigenvalue weighted by Crippen LogP contribution is 2.21. The Kier molecular flexibility index (Phi) is 4.45. The molecule has 1 aromatic rings.